The average molecular weight is 352 g/mol. The summed E-state index contributed by atoms with van der Waals surface area (Å²) in [7, 11) is 1.71. The quantitative estimate of drug-likeness (QED) is 0.755. The van der Waals surface area contributed by atoms with Gasteiger partial charge in [0.05, 0.1) is 0 Å². The van der Waals surface area contributed by atoms with E-state index in [1.54, 1.807) is 42.3 Å². The highest BCUT2D eigenvalue weighted by molar-refractivity contribution is 5.93. The second-order valence-electron chi connectivity index (χ2n) is 6.49. The van der Waals surface area contributed by atoms with Crippen LogP contribution in [0.5, 0.6) is 0 Å². The molecule has 3 aromatic heterocycles. The van der Waals surface area contributed by atoms with Crippen molar-refractivity contribution in [3.05, 3.63) is 59.0 Å². The monoisotopic (exact) mass is 352 g/mol. The number of aromatic nitrogens is 4. The Labute approximate surface area is 150 Å². The van der Waals surface area contributed by atoms with E-state index in [0.717, 1.165) is 25.0 Å². The molecule has 134 valence electrons. The number of nitrogens with one attached hydrogen (secondary N) is 1. The van der Waals surface area contributed by atoms with Gasteiger partial charge >= 0.3 is 0 Å². The first-order valence-corrected chi connectivity index (χ1v) is 8.63. The van der Waals surface area contributed by atoms with E-state index in [9.17, 15) is 9.59 Å². The molecule has 1 aliphatic heterocycles. The zero-order valence-electron chi connectivity index (χ0n) is 14.5. The number of imidazole rings is 1. The fraction of sp³-hybridized carbons (Fsp3) is 0.333. The summed E-state index contributed by atoms with van der Waals surface area (Å²) in [6.45, 7) is 1.33. The Morgan fingerprint density at radius 1 is 1.23 bits per heavy atom. The summed E-state index contributed by atoms with van der Waals surface area (Å²) in [5.41, 5.74) is 1.16. The standard InChI is InChI=1S/C18H20N6O2/c1-22-10-7-20-16(18(22)26)23-9-3-4-13(12-23)21-17(25)14-5-2-6-15-19-8-11-24(14)15/h2,5-8,10-11,13H,3-4,9,12H2,1H3,(H,21,25). The van der Waals surface area contributed by atoms with Crippen molar-refractivity contribution >= 4 is 17.4 Å². The molecule has 0 radical (unpaired) electrons. The van der Waals surface area contributed by atoms with Crippen LogP contribution >= 0.6 is 0 Å². The van der Waals surface area contributed by atoms with Gasteiger partial charge in [-0.2, -0.15) is 0 Å². The molecule has 0 spiro atoms. The van der Waals surface area contributed by atoms with E-state index in [0.29, 0.717) is 18.1 Å². The predicted molar refractivity (Wildman–Crippen MR) is 97.4 cm³/mol. The molecule has 1 unspecified atom stereocenters. The second kappa shape index (κ2) is 6.62. The van der Waals surface area contributed by atoms with E-state index < -0.39 is 0 Å². The summed E-state index contributed by atoms with van der Waals surface area (Å²) in [6.07, 6.45) is 8.47. The third-order valence-electron chi connectivity index (χ3n) is 4.72. The second-order valence-corrected chi connectivity index (χ2v) is 6.49. The zero-order valence-corrected chi connectivity index (χ0v) is 14.5. The number of rotatable bonds is 3. The first kappa shape index (κ1) is 16.3. The van der Waals surface area contributed by atoms with Crippen LogP contribution in [0.3, 0.4) is 0 Å². The Hall–Kier alpha value is -3.16. The number of aryl methyl sites for hydroxylation is 1. The summed E-state index contributed by atoms with van der Waals surface area (Å²) in [5, 5.41) is 3.09. The largest absolute Gasteiger partial charge is 0.350 e. The summed E-state index contributed by atoms with van der Waals surface area (Å²) < 4.78 is 3.29. The van der Waals surface area contributed by atoms with E-state index in [1.807, 2.05) is 17.0 Å². The molecule has 1 saturated heterocycles. The minimum atomic E-state index is -0.144. The molecule has 1 atom stereocenters. The maximum absolute atomic E-state index is 12.7. The first-order valence-electron chi connectivity index (χ1n) is 8.63. The van der Waals surface area contributed by atoms with E-state index >= 15 is 0 Å². The lowest BCUT2D eigenvalue weighted by molar-refractivity contribution is 0.0926. The molecule has 0 aliphatic carbocycles. The highest BCUT2D eigenvalue weighted by Gasteiger charge is 2.25. The van der Waals surface area contributed by atoms with E-state index in [1.165, 1.54) is 4.57 Å². The third kappa shape index (κ3) is 2.94. The minimum absolute atomic E-state index is 0.0401. The Balaban J connectivity index is 1.52. The lowest BCUT2D eigenvalue weighted by atomic mass is 10.1. The predicted octanol–water partition coefficient (Wildman–Crippen LogP) is 0.827. The van der Waals surface area contributed by atoms with Gasteiger partial charge in [-0.3, -0.25) is 14.0 Å². The fourth-order valence-electron chi connectivity index (χ4n) is 3.38. The molecule has 8 heteroatoms. The molecule has 3 aromatic rings. The van der Waals surface area contributed by atoms with Crippen molar-refractivity contribution in [3.63, 3.8) is 0 Å². The zero-order chi connectivity index (χ0) is 18.1. The smallest absolute Gasteiger partial charge is 0.293 e. The van der Waals surface area contributed by atoms with Gasteiger partial charge in [0.2, 0.25) is 0 Å². The van der Waals surface area contributed by atoms with Crippen LogP contribution < -0.4 is 15.8 Å². The number of fused-ring (bicyclic) bond motifs is 1. The molecule has 1 fully saturated rings. The van der Waals surface area contributed by atoms with Crippen molar-refractivity contribution in [2.24, 2.45) is 7.05 Å². The van der Waals surface area contributed by atoms with E-state index in [2.05, 4.69) is 15.3 Å². The summed E-state index contributed by atoms with van der Waals surface area (Å²) >= 11 is 0. The van der Waals surface area contributed by atoms with Gasteiger partial charge in [-0.05, 0) is 25.0 Å². The van der Waals surface area contributed by atoms with Gasteiger partial charge in [-0.25, -0.2) is 9.97 Å². The summed E-state index contributed by atoms with van der Waals surface area (Å²) in [6, 6.07) is 5.42. The number of piperidine rings is 1. The average Bonchev–Trinajstić information content (AvgIpc) is 3.13. The molecule has 0 bridgehead atoms. The van der Waals surface area contributed by atoms with Crippen LogP contribution in [0.15, 0.2) is 47.8 Å². The van der Waals surface area contributed by atoms with Crippen LogP contribution in [0.1, 0.15) is 23.3 Å². The van der Waals surface area contributed by atoms with Crippen molar-refractivity contribution in [1.29, 1.82) is 0 Å². The number of anilines is 1. The molecule has 0 saturated carbocycles. The Morgan fingerprint density at radius 3 is 2.96 bits per heavy atom. The number of carbonyl (C=O) groups is 1. The maximum Gasteiger partial charge on any atom is 0.293 e. The number of nitrogens with zero attached hydrogens (tertiary/aromatic N) is 5. The van der Waals surface area contributed by atoms with Crippen LogP contribution in [0.2, 0.25) is 0 Å². The normalized spacial score (nSPS) is 17.4. The minimum Gasteiger partial charge on any atom is -0.350 e. The molecule has 0 aromatic carbocycles. The Bertz CT molecular complexity index is 1010. The molecule has 1 aliphatic rings. The van der Waals surface area contributed by atoms with Gasteiger partial charge in [-0.15, -0.1) is 0 Å². The summed E-state index contributed by atoms with van der Waals surface area (Å²) in [5.74, 6) is 0.292. The third-order valence-corrected chi connectivity index (χ3v) is 4.72. The van der Waals surface area contributed by atoms with Crippen LogP contribution in [0, 0.1) is 0 Å². The Morgan fingerprint density at radius 2 is 2.08 bits per heavy atom. The van der Waals surface area contributed by atoms with Crippen LogP contribution in [0.4, 0.5) is 5.82 Å². The van der Waals surface area contributed by atoms with Crippen molar-refractivity contribution in [2.75, 3.05) is 18.0 Å². The molecule has 1 N–H and O–H groups in total. The number of carbonyl (C=O) groups excluding carboxylic acids is 1. The summed E-state index contributed by atoms with van der Waals surface area (Å²) in [4.78, 5) is 35.4. The van der Waals surface area contributed by atoms with Gasteiger partial charge in [0.15, 0.2) is 5.82 Å². The van der Waals surface area contributed by atoms with Crippen molar-refractivity contribution < 1.29 is 4.79 Å². The van der Waals surface area contributed by atoms with Gasteiger partial charge < -0.3 is 14.8 Å². The highest BCUT2D eigenvalue weighted by atomic mass is 16.2. The van der Waals surface area contributed by atoms with Crippen LogP contribution in [-0.2, 0) is 7.05 Å². The molecule has 8 nitrogen and oxygen atoms in total. The van der Waals surface area contributed by atoms with Gasteiger partial charge in [0.25, 0.3) is 11.5 Å². The highest BCUT2D eigenvalue weighted by Crippen LogP contribution is 2.15. The molecule has 26 heavy (non-hydrogen) atoms. The van der Waals surface area contributed by atoms with Crippen LogP contribution in [0.25, 0.3) is 5.65 Å². The van der Waals surface area contributed by atoms with Gasteiger partial charge in [0, 0.05) is 51.0 Å². The van der Waals surface area contributed by atoms with Gasteiger partial charge in [0.1, 0.15) is 11.3 Å². The molecule has 4 rings (SSSR count). The van der Waals surface area contributed by atoms with Crippen molar-refractivity contribution in [2.45, 2.75) is 18.9 Å². The Kier molecular flexibility index (Phi) is 4.16. The molecular weight excluding hydrogens is 332 g/mol. The van der Waals surface area contributed by atoms with E-state index in [-0.39, 0.29) is 17.5 Å². The fourth-order valence-corrected chi connectivity index (χ4v) is 3.38. The van der Waals surface area contributed by atoms with Crippen LogP contribution in [-0.4, -0.2) is 44.0 Å². The lowest BCUT2D eigenvalue weighted by Crippen LogP contribution is -2.49. The maximum atomic E-state index is 12.7. The van der Waals surface area contributed by atoms with Crippen molar-refractivity contribution in [1.82, 2.24) is 24.3 Å². The SMILES string of the molecule is Cn1ccnc(N2CCCC(NC(=O)c3cccc4nccn34)C2)c1=O. The first-order chi connectivity index (χ1) is 12.6. The number of hydrogen-bond acceptors (Lipinski definition) is 5. The number of amides is 1. The molecule has 1 amide bonds. The number of hydrogen-bond donors (Lipinski definition) is 1. The molecular formula is C18H20N6O2. The molecule has 4 heterocycles. The lowest BCUT2D eigenvalue weighted by Gasteiger charge is -2.33. The number of pyridine rings is 1. The van der Waals surface area contributed by atoms with Gasteiger partial charge in [-0.1, -0.05) is 6.07 Å². The van der Waals surface area contributed by atoms with Crippen molar-refractivity contribution in [3.8, 4) is 0 Å². The topological polar surface area (TPSA) is 84.5 Å². The van der Waals surface area contributed by atoms with E-state index in [4.69, 9.17) is 0 Å².